The maximum Gasteiger partial charge on any atom is 0.268 e. The third kappa shape index (κ3) is 5.71. The van der Waals surface area contributed by atoms with Gasteiger partial charge in [-0.1, -0.05) is 69.3 Å². The van der Waals surface area contributed by atoms with Crippen LogP contribution in [0.25, 0.3) is 22.0 Å². The first-order chi connectivity index (χ1) is 18.6. The van der Waals surface area contributed by atoms with Crippen LogP contribution < -0.4 is 10.0 Å². The summed E-state index contributed by atoms with van der Waals surface area (Å²) >= 11 is 0. The fourth-order valence-electron chi connectivity index (χ4n) is 4.44. The van der Waals surface area contributed by atoms with Crippen molar-refractivity contribution in [2.45, 2.75) is 37.6 Å². The molecule has 0 radical (unpaired) electrons. The summed E-state index contributed by atoms with van der Waals surface area (Å²) < 4.78 is 29.1. The van der Waals surface area contributed by atoms with Gasteiger partial charge in [-0.3, -0.25) is 14.5 Å². The van der Waals surface area contributed by atoms with E-state index in [1.54, 1.807) is 36.5 Å². The van der Waals surface area contributed by atoms with Crippen LogP contribution in [-0.2, 0) is 22.0 Å². The Morgan fingerprint density at radius 3 is 2.28 bits per heavy atom. The second-order valence-electron chi connectivity index (χ2n) is 10.4. The molecule has 8 heteroatoms. The van der Waals surface area contributed by atoms with Gasteiger partial charge in [-0.2, -0.15) is 0 Å². The van der Waals surface area contributed by atoms with Crippen molar-refractivity contribution in [2.24, 2.45) is 0 Å². The number of H-pyrrole nitrogens is 1. The van der Waals surface area contributed by atoms with Gasteiger partial charge in [0, 0.05) is 28.4 Å². The molecule has 1 amide bonds. The Bertz CT molecular complexity index is 1720. The normalized spacial score (nSPS) is 11.9. The number of amides is 1. The first-order valence-electron chi connectivity index (χ1n) is 12.6. The summed E-state index contributed by atoms with van der Waals surface area (Å²) in [4.78, 5) is 21.0. The molecule has 3 N–H and O–H groups in total. The molecule has 0 spiro atoms. The van der Waals surface area contributed by atoms with E-state index in [9.17, 15) is 13.2 Å². The zero-order chi connectivity index (χ0) is 27.6. The molecule has 2 aromatic heterocycles. The van der Waals surface area contributed by atoms with Gasteiger partial charge in [0.25, 0.3) is 15.9 Å². The van der Waals surface area contributed by atoms with Crippen molar-refractivity contribution in [3.8, 4) is 11.1 Å². The highest BCUT2D eigenvalue weighted by Crippen LogP contribution is 2.35. The molecule has 0 saturated heterocycles. The quantitative estimate of drug-likeness (QED) is 0.228. The number of hydrogen-bond donors (Lipinski definition) is 3. The van der Waals surface area contributed by atoms with Gasteiger partial charge in [-0.05, 0) is 59.0 Å². The lowest BCUT2D eigenvalue weighted by Gasteiger charge is -2.19. The number of benzene rings is 3. The van der Waals surface area contributed by atoms with Crippen molar-refractivity contribution in [3.63, 3.8) is 0 Å². The molecule has 0 bridgehead atoms. The number of aromatic nitrogens is 2. The molecule has 0 fully saturated rings. The van der Waals surface area contributed by atoms with Gasteiger partial charge in [-0.25, -0.2) is 8.42 Å². The van der Waals surface area contributed by atoms with Gasteiger partial charge in [0.2, 0.25) is 0 Å². The highest BCUT2D eigenvalue weighted by molar-refractivity contribution is 7.92. The topological polar surface area (TPSA) is 104 Å². The number of pyridine rings is 1. The molecule has 5 rings (SSSR count). The summed E-state index contributed by atoms with van der Waals surface area (Å²) in [6, 6.07) is 27.2. The largest absolute Gasteiger partial charge is 0.350 e. The molecule has 2 heterocycles. The molecule has 0 saturated carbocycles. The molecule has 0 atom stereocenters. The number of carbonyl (C=O) groups excluding carboxylic acids is 1. The van der Waals surface area contributed by atoms with Gasteiger partial charge in [0.15, 0.2) is 0 Å². The third-order valence-electron chi connectivity index (χ3n) is 6.53. The number of anilines is 1. The van der Waals surface area contributed by atoms with E-state index in [1.165, 1.54) is 0 Å². The van der Waals surface area contributed by atoms with Gasteiger partial charge >= 0.3 is 0 Å². The lowest BCUT2D eigenvalue weighted by molar-refractivity contribution is 0.0947. The molecule has 198 valence electrons. The maximum atomic E-state index is 13.3. The molecule has 3 aromatic carbocycles. The molecule has 39 heavy (non-hydrogen) atoms. The molecular formula is C31H30N4O3S. The van der Waals surface area contributed by atoms with Gasteiger partial charge < -0.3 is 10.3 Å². The molecule has 7 nitrogen and oxygen atoms in total. The standard InChI is InChI=1S/C31H30N4O3S/c1-31(2,3)22-12-15-25(16-13-22)39(37,38)35-23-14-17-27-26(19-23)28(21-9-5-4-6-10-21)29(34-27)30(36)33-20-24-11-7-8-18-32-24/h4-19,34-35H,20H2,1-3H3,(H,33,36). The number of sulfonamides is 1. The number of rotatable bonds is 7. The second-order valence-corrected chi connectivity index (χ2v) is 12.1. The molecule has 5 aromatic rings. The Balaban J connectivity index is 1.49. The van der Waals surface area contributed by atoms with E-state index in [2.05, 4.69) is 40.8 Å². The Morgan fingerprint density at radius 1 is 0.897 bits per heavy atom. The van der Waals surface area contributed by atoms with Crippen LogP contribution in [0, 0.1) is 0 Å². The number of aromatic amines is 1. The van der Waals surface area contributed by atoms with E-state index in [0.717, 1.165) is 22.2 Å². The summed E-state index contributed by atoms with van der Waals surface area (Å²) in [5.74, 6) is -0.281. The van der Waals surface area contributed by atoms with E-state index in [1.807, 2.05) is 60.7 Å². The van der Waals surface area contributed by atoms with Gasteiger partial charge in [0.1, 0.15) is 5.69 Å². The minimum absolute atomic E-state index is 0.0789. The third-order valence-corrected chi connectivity index (χ3v) is 7.92. The Labute approximate surface area is 228 Å². The predicted octanol–water partition coefficient (Wildman–Crippen LogP) is 6.26. The fourth-order valence-corrected chi connectivity index (χ4v) is 5.49. The van der Waals surface area contributed by atoms with E-state index in [4.69, 9.17) is 0 Å². The Kier molecular flexibility index (Phi) is 6.97. The highest BCUT2D eigenvalue weighted by Gasteiger charge is 2.22. The lowest BCUT2D eigenvalue weighted by atomic mass is 9.87. The summed E-state index contributed by atoms with van der Waals surface area (Å²) in [6.45, 7) is 6.52. The number of fused-ring (bicyclic) bond motifs is 1. The first-order valence-corrected chi connectivity index (χ1v) is 14.1. The van der Waals surface area contributed by atoms with Crippen LogP contribution in [0.4, 0.5) is 5.69 Å². The first kappa shape index (κ1) is 26.2. The van der Waals surface area contributed by atoms with Crippen molar-refractivity contribution in [1.29, 1.82) is 0 Å². The minimum atomic E-state index is -3.82. The molecule has 0 unspecified atom stereocenters. The lowest BCUT2D eigenvalue weighted by Crippen LogP contribution is -2.24. The van der Waals surface area contributed by atoms with E-state index >= 15 is 0 Å². The van der Waals surface area contributed by atoms with E-state index in [-0.39, 0.29) is 22.8 Å². The number of hydrogen-bond acceptors (Lipinski definition) is 4. The number of carbonyl (C=O) groups is 1. The van der Waals surface area contributed by atoms with Crippen molar-refractivity contribution >= 4 is 32.5 Å². The van der Waals surface area contributed by atoms with Crippen molar-refractivity contribution in [1.82, 2.24) is 15.3 Å². The van der Waals surface area contributed by atoms with E-state index < -0.39 is 10.0 Å². The average Bonchev–Trinajstić information content (AvgIpc) is 3.31. The van der Waals surface area contributed by atoms with Crippen LogP contribution >= 0.6 is 0 Å². The van der Waals surface area contributed by atoms with Gasteiger partial charge in [-0.15, -0.1) is 0 Å². The summed E-state index contributed by atoms with van der Waals surface area (Å²) in [5, 5.41) is 3.66. The molecule has 0 aliphatic rings. The minimum Gasteiger partial charge on any atom is -0.350 e. The zero-order valence-corrected chi connectivity index (χ0v) is 22.8. The maximum absolute atomic E-state index is 13.3. The fraction of sp³-hybridized carbons (Fsp3) is 0.161. The molecule has 0 aliphatic heterocycles. The van der Waals surface area contributed by atoms with Crippen molar-refractivity contribution in [2.75, 3.05) is 4.72 Å². The number of nitrogens with one attached hydrogen (secondary N) is 3. The Hall–Kier alpha value is -4.43. The highest BCUT2D eigenvalue weighted by atomic mass is 32.2. The van der Waals surface area contributed by atoms with Crippen LogP contribution in [-0.4, -0.2) is 24.3 Å². The van der Waals surface area contributed by atoms with E-state index in [0.29, 0.717) is 22.5 Å². The van der Waals surface area contributed by atoms with Crippen LogP contribution in [0.15, 0.2) is 102 Å². The van der Waals surface area contributed by atoms with Crippen LogP contribution in [0.3, 0.4) is 0 Å². The number of nitrogens with zero attached hydrogens (tertiary/aromatic N) is 1. The summed E-state index contributed by atoms with van der Waals surface area (Å²) in [6.07, 6.45) is 1.68. The smallest absolute Gasteiger partial charge is 0.268 e. The average molecular weight is 539 g/mol. The zero-order valence-electron chi connectivity index (χ0n) is 22.0. The van der Waals surface area contributed by atoms with Gasteiger partial charge in [0.05, 0.1) is 17.1 Å². The summed E-state index contributed by atoms with van der Waals surface area (Å²) in [7, 11) is -3.82. The predicted molar refractivity (Wildman–Crippen MR) is 155 cm³/mol. The Morgan fingerprint density at radius 2 is 1.62 bits per heavy atom. The SMILES string of the molecule is CC(C)(C)c1ccc(S(=O)(=O)Nc2ccc3[nH]c(C(=O)NCc4ccccn4)c(-c4ccccc4)c3c2)cc1. The van der Waals surface area contributed by atoms with Crippen LogP contribution in [0.2, 0.25) is 0 Å². The summed E-state index contributed by atoms with van der Waals surface area (Å²) in [5.41, 5.74) is 4.76. The molecule has 0 aliphatic carbocycles. The van der Waals surface area contributed by atoms with Crippen molar-refractivity contribution < 1.29 is 13.2 Å². The second kappa shape index (κ2) is 10.4. The molecular weight excluding hydrogens is 508 g/mol. The van der Waals surface area contributed by atoms with Crippen LogP contribution in [0.1, 0.15) is 42.5 Å². The van der Waals surface area contributed by atoms with Crippen molar-refractivity contribution in [3.05, 3.63) is 114 Å². The monoisotopic (exact) mass is 538 g/mol. The van der Waals surface area contributed by atoms with Crippen LogP contribution in [0.5, 0.6) is 0 Å².